The zero-order valence-corrected chi connectivity index (χ0v) is 20.4. The van der Waals surface area contributed by atoms with Gasteiger partial charge in [-0.2, -0.15) is 14.1 Å². The van der Waals surface area contributed by atoms with Crippen molar-refractivity contribution in [3.05, 3.63) is 75.5 Å². The number of sulfonamides is 1. The first-order valence-electron chi connectivity index (χ1n) is 11.0. The highest BCUT2D eigenvalue weighted by Gasteiger charge is 2.27. The molecular formula is C23H22N6O4S2. The lowest BCUT2D eigenvalue weighted by atomic mass is 10.2. The van der Waals surface area contributed by atoms with E-state index in [1.54, 1.807) is 13.0 Å². The fourth-order valence-electron chi connectivity index (χ4n) is 3.88. The fraction of sp³-hybridized carbons (Fsp3) is 0.217. The Balaban J connectivity index is 1.45. The van der Waals surface area contributed by atoms with Crippen molar-refractivity contribution in [1.82, 2.24) is 24.1 Å². The summed E-state index contributed by atoms with van der Waals surface area (Å²) in [6.45, 7) is 2.71. The number of nitrogens with one attached hydrogen (secondary N) is 2. The van der Waals surface area contributed by atoms with E-state index in [-0.39, 0.29) is 22.0 Å². The maximum atomic E-state index is 13.0. The zero-order valence-electron chi connectivity index (χ0n) is 18.8. The predicted molar refractivity (Wildman–Crippen MR) is 132 cm³/mol. The van der Waals surface area contributed by atoms with Gasteiger partial charge in [0.2, 0.25) is 16.0 Å². The van der Waals surface area contributed by atoms with Crippen LogP contribution in [-0.4, -0.2) is 51.5 Å². The number of rotatable bonds is 6. The molecule has 0 bridgehead atoms. The summed E-state index contributed by atoms with van der Waals surface area (Å²) in [5.41, 5.74) is 1.05. The molecule has 10 nitrogen and oxygen atoms in total. The van der Waals surface area contributed by atoms with E-state index in [1.165, 1.54) is 50.7 Å². The van der Waals surface area contributed by atoms with Gasteiger partial charge in [0, 0.05) is 36.5 Å². The second-order valence-corrected chi connectivity index (χ2v) is 11.0. The number of aryl methyl sites for hydroxylation is 1. The van der Waals surface area contributed by atoms with E-state index >= 15 is 0 Å². The van der Waals surface area contributed by atoms with Crippen molar-refractivity contribution in [2.45, 2.75) is 24.7 Å². The molecule has 0 unspecified atom stereocenters. The lowest BCUT2D eigenvalue weighted by molar-refractivity contribution is 0.102. The first kappa shape index (κ1) is 23.1. The number of anilines is 1. The molecule has 2 N–H and O–H groups in total. The van der Waals surface area contributed by atoms with Crippen molar-refractivity contribution in [2.75, 3.05) is 18.4 Å². The molecule has 1 fully saturated rings. The topological polar surface area (TPSA) is 130 Å². The van der Waals surface area contributed by atoms with Gasteiger partial charge in [0.1, 0.15) is 11.5 Å². The van der Waals surface area contributed by atoms with Crippen LogP contribution in [0.2, 0.25) is 0 Å². The number of thiophene rings is 1. The third-order valence-corrected chi connectivity index (χ3v) is 8.41. The van der Waals surface area contributed by atoms with E-state index in [4.69, 9.17) is 0 Å². The van der Waals surface area contributed by atoms with Crippen LogP contribution < -0.4 is 10.9 Å². The van der Waals surface area contributed by atoms with Crippen molar-refractivity contribution >= 4 is 33.1 Å². The maximum Gasteiger partial charge on any atom is 0.256 e. The van der Waals surface area contributed by atoms with E-state index in [0.29, 0.717) is 30.3 Å². The average Bonchev–Trinajstić information content (AvgIpc) is 3.60. The normalized spacial score (nSPS) is 14.3. The molecular weight excluding hydrogens is 488 g/mol. The minimum absolute atomic E-state index is 0.155. The van der Waals surface area contributed by atoms with E-state index in [9.17, 15) is 18.0 Å². The van der Waals surface area contributed by atoms with E-state index in [1.807, 2.05) is 17.5 Å². The van der Waals surface area contributed by atoms with Crippen molar-refractivity contribution in [3.8, 4) is 16.5 Å². The highest BCUT2D eigenvalue weighted by Crippen LogP contribution is 2.28. The van der Waals surface area contributed by atoms with Gasteiger partial charge in [-0.25, -0.2) is 13.4 Å². The first-order chi connectivity index (χ1) is 16.8. The molecule has 1 aliphatic rings. The molecule has 5 rings (SSSR count). The van der Waals surface area contributed by atoms with Crippen LogP contribution in [0, 0.1) is 6.92 Å². The van der Waals surface area contributed by atoms with Crippen LogP contribution in [0.3, 0.4) is 0 Å². The highest BCUT2D eigenvalue weighted by molar-refractivity contribution is 7.89. The monoisotopic (exact) mass is 510 g/mol. The molecule has 1 saturated heterocycles. The average molecular weight is 511 g/mol. The molecule has 0 radical (unpaired) electrons. The Kier molecular flexibility index (Phi) is 6.09. The number of hydrogen-bond acceptors (Lipinski definition) is 7. The van der Waals surface area contributed by atoms with Crippen LogP contribution in [0.15, 0.2) is 63.6 Å². The quantitative estimate of drug-likeness (QED) is 0.410. The molecule has 4 heterocycles. The lowest BCUT2D eigenvalue weighted by Gasteiger charge is -2.15. The molecule has 3 aromatic heterocycles. The van der Waals surface area contributed by atoms with Gasteiger partial charge >= 0.3 is 0 Å². The molecule has 12 heteroatoms. The molecule has 35 heavy (non-hydrogen) atoms. The second kappa shape index (κ2) is 9.21. The summed E-state index contributed by atoms with van der Waals surface area (Å²) < 4.78 is 28.3. The summed E-state index contributed by atoms with van der Waals surface area (Å²) in [5.74, 6) is 0.0186. The van der Waals surface area contributed by atoms with Gasteiger partial charge in [-0.15, -0.1) is 11.3 Å². The van der Waals surface area contributed by atoms with Crippen LogP contribution in [0.5, 0.6) is 0 Å². The standard InChI is InChI=1S/C23H22N6O4S2/c1-15-13-21(30)26-23(24-15)29-20(14-18(27-29)19-5-4-12-34-19)25-22(31)16-6-8-17(9-7-16)35(32,33)28-10-2-3-11-28/h4-9,12-14H,2-3,10-11H2,1H3,(H,25,31)(H,24,26,30). The molecule has 1 aliphatic heterocycles. The minimum atomic E-state index is -3.57. The number of H-pyrrole nitrogens is 1. The van der Waals surface area contributed by atoms with Crippen molar-refractivity contribution < 1.29 is 13.2 Å². The van der Waals surface area contributed by atoms with E-state index < -0.39 is 15.9 Å². The van der Waals surface area contributed by atoms with Gasteiger partial charge in [-0.05, 0) is 55.5 Å². The molecule has 0 saturated carbocycles. The largest absolute Gasteiger partial charge is 0.306 e. The number of aromatic nitrogens is 4. The second-order valence-electron chi connectivity index (χ2n) is 8.10. The molecule has 1 amide bonds. The number of carbonyl (C=O) groups is 1. The molecule has 0 spiro atoms. The predicted octanol–water partition coefficient (Wildman–Crippen LogP) is 3.03. The minimum Gasteiger partial charge on any atom is -0.306 e. The number of hydrogen-bond donors (Lipinski definition) is 2. The molecule has 180 valence electrons. The Morgan fingerprint density at radius 1 is 1.11 bits per heavy atom. The summed E-state index contributed by atoms with van der Waals surface area (Å²) >= 11 is 1.49. The Hall–Kier alpha value is -3.61. The van der Waals surface area contributed by atoms with Gasteiger partial charge in [-0.3, -0.25) is 14.6 Å². The number of amides is 1. The van der Waals surface area contributed by atoms with Gasteiger partial charge in [0.25, 0.3) is 11.5 Å². The number of carbonyl (C=O) groups excluding carboxylic acids is 1. The van der Waals surface area contributed by atoms with Gasteiger partial charge < -0.3 is 5.32 Å². The third kappa shape index (κ3) is 4.67. The van der Waals surface area contributed by atoms with E-state index in [2.05, 4.69) is 20.4 Å². The van der Waals surface area contributed by atoms with Crippen molar-refractivity contribution in [1.29, 1.82) is 0 Å². The summed E-state index contributed by atoms with van der Waals surface area (Å²) in [7, 11) is -3.57. The zero-order chi connectivity index (χ0) is 24.6. The van der Waals surface area contributed by atoms with Crippen LogP contribution in [0.1, 0.15) is 28.9 Å². The van der Waals surface area contributed by atoms with Crippen LogP contribution >= 0.6 is 11.3 Å². The fourth-order valence-corrected chi connectivity index (χ4v) is 6.08. The number of nitrogens with zero attached hydrogens (tertiary/aromatic N) is 4. The smallest absolute Gasteiger partial charge is 0.256 e. The van der Waals surface area contributed by atoms with Gasteiger partial charge in [0.05, 0.1) is 9.77 Å². The first-order valence-corrected chi connectivity index (χ1v) is 13.3. The Morgan fingerprint density at radius 3 is 2.51 bits per heavy atom. The van der Waals surface area contributed by atoms with Crippen molar-refractivity contribution in [2.24, 2.45) is 0 Å². The molecule has 1 aromatic carbocycles. The number of aromatic amines is 1. The van der Waals surface area contributed by atoms with Crippen LogP contribution in [0.4, 0.5) is 5.82 Å². The maximum absolute atomic E-state index is 13.0. The van der Waals surface area contributed by atoms with Crippen molar-refractivity contribution in [3.63, 3.8) is 0 Å². The van der Waals surface area contributed by atoms with Crippen LogP contribution in [-0.2, 0) is 10.0 Å². The van der Waals surface area contributed by atoms with Gasteiger partial charge in [-0.1, -0.05) is 6.07 Å². The SMILES string of the molecule is Cc1cc(=O)[nH]c(-n2nc(-c3cccs3)cc2NC(=O)c2ccc(S(=O)(=O)N3CCCC3)cc2)n1. The Morgan fingerprint density at radius 2 is 1.86 bits per heavy atom. The number of benzene rings is 1. The van der Waals surface area contributed by atoms with E-state index in [0.717, 1.165) is 17.7 Å². The molecule has 4 aromatic rings. The summed E-state index contributed by atoms with van der Waals surface area (Å²) in [4.78, 5) is 33.1. The Labute approximate surface area is 205 Å². The van der Waals surface area contributed by atoms with Crippen LogP contribution in [0.25, 0.3) is 16.5 Å². The Bertz CT molecular complexity index is 1530. The summed E-state index contributed by atoms with van der Waals surface area (Å²) in [6, 6.07) is 12.7. The molecule has 0 aliphatic carbocycles. The highest BCUT2D eigenvalue weighted by atomic mass is 32.2. The lowest BCUT2D eigenvalue weighted by Crippen LogP contribution is -2.27. The summed E-state index contributed by atoms with van der Waals surface area (Å²) in [6.07, 6.45) is 1.70. The van der Waals surface area contributed by atoms with Gasteiger partial charge in [0.15, 0.2) is 0 Å². The summed E-state index contributed by atoms with van der Waals surface area (Å²) in [5, 5.41) is 9.26. The third-order valence-electron chi connectivity index (χ3n) is 5.60. The molecule has 0 atom stereocenters.